The summed E-state index contributed by atoms with van der Waals surface area (Å²) in [5.74, 6) is -0.251. The van der Waals surface area contributed by atoms with E-state index in [1.165, 1.54) is 7.11 Å². The molecule has 12 nitrogen and oxygen atoms in total. The fourth-order valence-corrected chi connectivity index (χ4v) is 5.83. The van der Waals surface area contributed by atoms with Crippen molar-refractivity contribution in [1.82, 2.24) is 14.7 Å². The highest BCUT2D eigenvalue weighted by molar-refractivity contribution is 6.01. The van der Waals surface area contributed by atoms with Crippen molar-refractivity contribution in [1.29, 1.82) is 0 Å². The van der Waals surface area contributed by atoms with Gasteiger partial charge in [0.2, 0.25) is 11.8 Å². The maximum atomic E-state index is 13.8. The van der Waals surface area contributed by atoms with E-state index in [-0.39, 0.29) is 37.4 Å². The summed E-state index contributed by atoms with van der Waals surface area (Å²) in [5, 5.41) is 14.7. The van der Waals surface area contributed by atoms with Crippen LogP contribution in [-0.4, -0.2) is 102 Å². The maximum Gasteiger partial charge on any atom is 0.323 e. The van der Waals surface area contributed by atoms with Gasteiger partial charge in [0.05, 0.1) is 32.3 Å². The van der Waals surface area contributed by atoms with Gasteiger partial charge in [0.1, 0.15) is 23.6 Å². The number of benzene rings is 3. The van der Waals surface area contributed by atoms with Crippen molar-refractivity contribution >= 4 is 35.2 Å². The number of rotatable bonds is 10. The molecule has 0 spiro atoms. The molecule has 46 heavy (non-hydrogen) atoms. The molecule has 0 unspecified atom stereocenters. The van der Waals surface area contributed by atoms with Gasteiger partial charge in [-0.25, -0.2) is 4.79 Å². The second-order valence-corrected chi connectivity index (χ2v) is 11.5. The molecule has 2 saturated heterocycles. The van der Waals surface area contributed by atoms with E-state index < -0.39 is 18.0 Å². The highest BCUT2D eigenvalue weighted by Gasteiger charge is 2.42. The average molecular weight is 630 g/mol. The summed E-state index contributed by atoms with van der Waals surface area (Å²) in [5.41, 5.74) is 2.71. The summed E-state index contributed by atoms with van der Waals surface area (Å²) in [6, 6.07) is 20.7. The van der Waals surface area contributed by atoms with Crippen molar-refractivity contribution in [3.63, 3.8) is 0 Å². The topological polar surface area (TPSA) is 141 Å². The largest absolute Gasteiger partial charge is 0.495 e. The van der Waals surface area contributed by atoms with Crippen LogP contribution in [0.25, 0.3) is 0 Å². The normalized spacial score (nSPS) is 18.1. The molecule has 2 heterocycles. The zero-order valence-electron chi connectivity index (χ0n) is 26.0. The van der Waals surface area contributed by atoms with Crippen LogP contribution in [0.3, 0.4) is 0 Å². The number of aliphatic carboxylic acids is 1. The minimum atomic E-state index is -0.903. The number of amides is 4. The third-order valence-corrected chi connectivity index (χ3v) is 8.22. The number of aryl methyl sites for hydroxylation is 1. The first-order chi connectivity index (χ1) is 22.2. The molecule has 0 aromatic heterocycles. The summed E-state index contributed by atoms with van der Waals surface area (Å²) < 4.78 is 11.7. The zero-order chi connectivity index (χ0) is 32.6. The third-order valence-electron chi connectivity index (χ3n) is 8.22. The van der Waals surface area contributed by atoms with Crippen molar-refractivity contribution < 1.29 is 33.8 Å². The first-order valence-electron chi connectivity index (χ1n) is 15.2. The number of carbonyl (C=O) groups excluding carboxylic acids is 3. The Labute approximate surface area is 267 Å². The Kier molecular flexibility index (Phi) is 10.4. The lowest BCUT2D eigenvalue weighted by molar-refractivity contribution is -0.145. The Bertz CT molecular complexity index is 1560. The van der Waals surface area contributed by atoms with Crippen molar-refractivity contribution in [3.05, 3.63) is 83.9 Å². The molecule has 0 saturated carbocycles. The van der Waals surface area contributed by atoms with Crippen LogP contribution in [0.4, 0.5) is 16.2 Å². The van der Waals surface area contributed by atoms with Crippen LogP contribution in [0.2, 0.25) is 0 Å². The number of carboxylic acid groups (broad SMARTS) is 1. The first kappa shape index (κ1) is 32.3. The van der Waals surface area contributed by atoms with E-state index in [4.69, 9.17) is 14.6 Å². The van der Waals surface area contributed by atoms with Gasteiger partial charge < -0.3 is 35.0 Å². The van der Waals surface area contributed by atoms with E-state index in [1.54, 1.807) is 32.9 Å². The van der Waals surface area contributed by atoms with Crippen LogP contribution >= 0.6 is 0 Å². The number of hydrogen-bond acceptors (Lipinski definition) is 7. The summed E-state index contributed by atoms with van der Waals surface area (Å²) in [4.78, 5) is 56.5. The number of methoxy groups -OCH3 is 1. The lowest BCUT2D eigenvalue weighted by Gasteiger charge is -2.36. The molecule has 2 aliphatic heterocycles. The molecular formula is C34H39N5O7. The number of carboxylic acids is 1. The van der Waals surface area contributed by atoms with Crippen molar-refractivity contribution in [3.8, 4) is 11.5 Å². The van der Waals surface area contributed by atoms with Gasteiger partial charge in [-0.05, 0) is 48.4 Å². The van der Waals surface area contributed by atoms with Crippen LogP contribution in [0.5, 0.6) is 11.5 Å². The molecule has 0 bridgehead atoms. The molecule has 5 rings (SSSR count). The second kappa shape index (κ2) is 14.8. The van der Waals surface area contributed by atoms with Gasteiger partial charge in [-0.2, -0.15) is 0 Å². The number of nitrogens with one attached hydrogen (secondary N) is 2. The summed E-state index contributed by atoms with van der Waals surface area (Å²) in [7, 11) is 1.49. The quantitative estimate of drug-likeness (QED) is 0.310. The molecule has 242 valence electrons. The van der Waals surface area contributed by atoms with Crippen LogP contribution in [0.15, 0.2) is 72.8 Å². The minimum Gasteiger partial charge on any atom is -0.495 e. The number of anilines is 2. The smallest absolute Gasteiger partial charge is 0.323 e. The molecular weight excluding hydrogens is 590 g/mol. The van der Waals surface area contributed by atoms with Gasteiger partial charge in [-0.15, -0.1) is 0 Å². The number of hydrogen-bond donors (Lipinski definition) is 3. The van der Waals surface area contributed by atoms with Gasteiger partial charge in [0.15, 0.2) is 0 Å². The minimum absolute atomic E-state index is 0.0142. The summed E-state index contributed by atoms with van der Waals surface area (Å²) in [6.07, 6.45) is -0.0152. The monoisotopic (exact) mass is 629 g/mol. The average Bonchev–Trinajstić information content (AvgIpc) is 3.47. The second-order valence-electron chi connectivity index (χ2n) is 11.5. The molecule has 4 amide bonds. The molecule has 0 radical (unpaired) electrons. The fourth-order valence-electron chi connectivity index (χ4n) is 5.83. The number of para-hydroxylation sites is 2. The third kappa shape index (κ3) is 8.13. The number of likely N-dealkylation sites (tertiary alicyclic amines) is 1. The Morgan fingerprint density at radius 1 is 0.891 bits per heavy atom. The first-order valence-corrected chi connectivity index (χ1v) is 15.2. The predicted octanol–water partition coefficient (Wildman–Crippen LogP) is 3.47. The standard InChI is InChI=1S/C34H39N5O7/c1-23-8-6-7-11-27(23)35-34(44)36-28-13-12-24(18-30(28)45-2)19-31(40)39-21-26(46-25-9-4-3-5-10-25)20-29(39)33(43)38-16-14-37(15-17-38)22-32(41)42/h3-13,18,26,29H,14-17,19-22H2,1-2H3,(H,41,42)(H2,35,36,44)/t26-,29+/m1/s1. The highest BCUT2D eigenvalue weighted by Crippen LogP contribution is 2.29. The lowest BCUT2D eigenvalue weighted by atomic mass is 10.1. The Morgan fingerprint density at radius 3 is 2.28 bits per heavy atom. The van der Waals surface area contributed by atoms with Crippen molar-refractivity contribution in [2.24, 2.45) is 0 Å². The Hall–Kier alpha value is -5.10. The number of urea groups is 1. The summed E-state index contributed by atoms with van der Waals surface area (Å²) in [6.45, 7) is 3.75. The number of carbonyl (C=O) groups is 4. The molecule has 2 aliphatic rings. The molecule has 3 aromatic rings. The van der Waals surface area contributed by atoms with E-state index in [9.17, 15) is 19.2 Å². The molecule has 3 N–H and O–H groups in total. The lowest BCUT2D eigenvalue weighted by Crippen LogP contribution is -2.55. The Morgan fingerprint density at radius 2 is 1.59 bits per heavy atom. The molecule has 12 heteroatoms. The van der Waals surface area contributed by atoms with Crippen LogP contribution in [0, 0.1) is 6.92 Å². The van der Waals surface area contributed by atoms with E-state index in [2.05, 4.69) is 10.6 Å². The van der Waals surface area contributed by atoms with Crippen LogP contribution in [0.1, 0.15) is 17.5 Å². The van der Waals surface area contributed by atoms with Crippen molar-refractivity contribution in [2.75, 3.05) is 57.0 Å². The van der Waals surface area contributed by atoms with Gasteiger partial charge in [-0.3, -0.25) is 19.3 Å². The zero-order valence-corrected chi connectivity index (χ0v) is 26.0. The number of ether oxygens (including phenoxy) is 2. The number of piperazine rings is 1. The summed E-state index contributed by atoms with van der Waals surface area (Å²) >= 11 is 0. The van der Waals surface area contributed by atoms with Crippen LogP contribution < -0.4 is 20.1 Å². The van der Waals surface area contributed by atoms with Gasteiger partial charge in [0.25, 0.3) is 0 Å². The molecule has 2 atom stereocenters. The fraction of sp³-hybridized carbons (Fsp3) is 0.353. The molecule has 3 aromatic carbocycles. The Balaban J connectivity index is 1.27. The maximum absolute atomic E-state index is 13.8. The molecule has 0 aliphatic carbocycles. The van der Waals surface area contributed by atoms with Crippen LogP contribution in [-0.2, 0) is 20.8 Å². The predicted molar refractivity (Wildman–Crippen MR) is 172 cm³/mol. The van der Waals surface area contributed by atoms with Crippen molar-refractivity contribution in [2.45, 2.75) is 31.9 Å². The highest BCUT2D eigenvalue weighted by atomic mass is 16.5. The molecule has 2 fully saturated rings. The SMILES string of the molecule is COc1cc(CC(=O)N2C[C@H](Oc3ccccc3)C[C@H]2C(=O)N2CCN(CC(=O)O)CC2)ccc1NC(=O)Nc1ccccc1C. The van der Waals surface area contributed by atoms with Gasteiger partial charge in [-0.1, -0.05) is 42.5 Å². The van der Waals surface area contributed by atoms with Gasteiger partial charge >= 0.3 is 12.0 Å². The van der Waals surface area contributed by atoms with E-state index in [1.807, 2.05) is 61.5 Å². The van der Waals surface area contributed by atoms with E-state index in [0.29, 0.717) is 61.0 Å². The van der Waals surface area contributed by atoms with Gasteiger partial charge in [0, 0.05) is 38.3 Å². The number of nitrogens with zero attached hydrogens (tertiary/aromatic N) is 3. The van der Waals surface area contributed by atoms with E-state index >= 15 is 0 Å². The van der Waals surface area contributed by atoms with E-state index in [0.717, 1.165) is 5.56 Å².